The maximum atomic E-state index is 5.95. The fourth-order valence-corrected chi connectivity index (χ4v) is 2.72. The van der Waals surface area contributed by atoms with Crippen LogP contribution in [-0.4, -0.2) is 36.7 Å². The Morgan fingerprint density at radius 3 is 2.80 bits per heavy atom. The van der Waals surface area contributed by atoms with Crippen LogP contribution < -0.4 is 16.0 Å². The van der Waals surface area contributed by atoms with Crippen LogP contribution >= 0.6 is 0 Å². The van der Waals surface area contributed by atoms with Crippen molar-refractivity contribution in [2.24, 2.45) is 10.7 Å². The van der Waals surface area contributed by atoms with E-state index in [-0.39, 0.29) is 6.10 Å². The molecule has 132 valence electrons. The number of aryl methyl sites for hydroxylation is 1. The van der Waals surface area contributed by atoms with Gasteiger partial charge in [-0.25, -0.2) is 9.98 Å². The molecule has 0 radical (unpaired) electrons. The fraction of sp³-hybridized carbons (Fsp3) is 0.368. The van der Waals surface area contributed by atoms with E-state index in [0.29, 0.717) is 12.5 Å². The van der Waals surface area contributed by atoms with Crippen LogP contribution in [-0.2, 0) is 11.3 Å². The fourth-order valence-electron chi connectivity index (χ4n) is 2.72. The molecule has 3 rings (SSSR count). The number of nitrogens with two attached hydrogens (primary N) is 1. The molecule has 2 heterocycles. The summed E-state index contributed by atoms with van der Waals surface area (Å²) in [5.74, 6) is 1.38. The second-order valence-electron chi connectivity index (χ2n) is 6.34. The number of rotatable bonds is 4. The van der Waals surface area contributed by atoms with Crippen LogP contribution in [0.1, 0.15) is 18.1 Å². The number of nitrogens with one attached hydrogen (secondary N) is 1. The molecule has 0 amide bonds. The molecule has 0 bridgehead atoms. The normalized spacial score (nSPS) is 18.2. The first-order valence-corrected chi connectivity index (χ1v) is 8.55. The molecule has 1 aromatic carbocycles. The highest BCUT2D eigenvalue weighted by molar-refractivity contribution is 5.92. The zero-order valence-corrected chi connectivity index (χ0v) is 14.8. The number of nitrogens with zero attached hydrogens (tertiary/aromatic N) is 3. The molecular formula is C19H25N5O. The van der Waals surface area contributed by atoms with Gasteiger partial charge in [-0.15, -0.1) is 0 Å². The summed E-state index contributed by atoms with van der Waals surface area (Å²) in [4.78, 5) is 11.2. The second kappa shape index (κ2) is 7.98. The standard InChI is InChI=1S/C19H25N5O/c1-14-3-6-17(7-4-14)23-19(20)22-12-16-5-8-18(21-11-16)24-9-10-25-15(2)13-24/h3-8,11,15H,9-10,12-13H2,1-2H3,(H3,20,22,23). The van der Waals surface area contributed by atoms with Crippen molar-refractivity contribution in [1.29, 1.82) is 0 Å². The van der Waals surface area contributed by atoms with Gasteiger partial charge in [0.1, 0.15) is 5.82 Å². The van der Waals surface area contributed by atoms with E-state index < -0.39 is 0 Å². The monoisotopic (exact) mass is 339 g/mol. The summed E-state index contributed by atoms with van der Waals surface area (Å²) in [5.41, 5.74) is 9.12. The molecule has 25 heavy (non-hydrogen) atoms. The van der Waals surface area contributed by atoms with Crippen LogP contribution in [0.2, 0.25) is 0 Å². The third kappa shape index (κ3) is 4.93. The van der Waals surface area contributed by atoms with E-state index in [1.165, 1.54) is 5.56 Å². The molecule has 1 unspecified atom stereocenters. The van der Waals surface area contributed by atoms with Crippen LogP contribution in [0, 0.1) is 6.92 Å². The first-order chi connectivity index (χ1) is 12.1. The number of pyridine rings is 1. The van der Waals surface area contributed by atoms with Gasteiger partial charge in [0.05, 0.1) is 19.3 Å². The summed E-state index contributed by atoms with van der Waals surface area (Å²) in [6.07, 6.45) is 2.10. The van der Waals surface area contributed by atoms with Crippen molar-refractivity contribution in [2.75, 3.05) is 29.9 Å². The van der Waals surface area contributed by atoms with Gasteiger partial charge in [0.25, 0.3) is 0 Å². The van der Waals surface area contributed by atoms with Crippen LogP contribution in [0.3, 0.4) is 0 Å². The number of aromatic nitrogens is 1. The molecule has 1 atom stereocenters. The predicted molar refractivity (Wildman–Crippen MR) is 102 cm³/mol. The quantitative estimate of drug-likeness (QED) is 0.661. The van der Waals surface area contributed by atoms with E-state index in [1.807, 2.05) is 42.6 Å². The van der Waals surface area contributed by atoms with Crippen molar-refractivity contribution in [3.63, 3.8) is 0 Å². The smallest absolute Gasteiger partial charge is 0.193 e. The zero-order chi connectivity index (χ0) is 17.6. The van der Waals surface area contributed by atoms with Gasteiger partial charge in [0.2, 0.25) is 0 Å². The molecular weight excluding hydrogens is 314 g/mol. The largest absolute Gasteiger partial charge is 0.375 e. The number of hydrogen-bond donors (Lipinski definition) is 2. The first kappa shape index (κ1) is 17.2. The summed E-state index contributed by atoms with van der Waals surface area (Å²) in [7, 11) is 0. The molecule has 0 aliphatic carbocycles. The van der Waals surface area contributed by atoms with Crippen LogP contribution in [0.15, 0.2) is 47.6 Å². The van der Waals surface area contributed by atoms with Crippen LogP contribution in [0.5, 0.6) is 0 Å². The molecule has 3 N–H and O–H groups in total. The number of guanidine groups is 1. The molecule has 1 aliphatic rings. The van der Waals surface area contributed by atoms with Crippen molar-refractivity contribution < 1.29 is 4.74 Å². The zero-order valence-electron chi connectivity index (χ0n) is 14.8. The molecule has 6 nitrogen and oxygen atoms in total. The number of morpholine rings is 1. The lowest BCUT2D eigenvalue weighted by molar-refractivity contribution is 0.0529. The van der Waals surface area contributed by atoms with E-state index in [4.69, 9.17) is 10.5 Å². The Kier molecular flexibility index (Phi) is 5.50. The highest BCUT2D eigenvalue weighted by atomic mass is 16.5. The van der Waals surface area contributed by atoms with Gasteiger partial charge in [0, 0.05) is 25.0 Å². The third-order valence-corrected chi connectivity index (χ3v) is 4.13. The van der Waals surface area contributed by atoms with Crippen molar-refractivity contribution in [3.8, 4) is 0 Å². The van der Waals surface area contributed by atoms with E-state index in [2.05, 4.69) is 34.0 Å². The minimum Gasteiger partial charge on any atom is -0.375 e. The van der Waals surface area contributed by atoms with Crippen molar-refractivity contribution in [3.05, 3.63) is 53.7 Å². The summed E-state index contributed by atoms with van der Waals surface area (Å²) in [5, 5.41) is 3.09. The molecule has 6 heteroatoms. The average Bonchev–Trinajstić information content (AvgIpc) is 2.62. The lowest BCUT2D eigenvalue weighted by atomic mass is 10.2. The summed E-state index contributed by atoms with van der Waals surface area (Å²) < 4.78 is 5.57. The Bertz CT molecular complexity index is 712. The molecule has 0 spiro atoms. The van der Waals surface area contributed by atoms with Crippen molar-refractivity contribution in [1.82, 2.24) is 4.98 Å². The maximum absolute atomic E-state index is 5.95. The number of ether oxygens (including phenoxy) is 1. The molecule has 1 saturated heterocycles. The van der Waals surface area contributed by atoms with Gasteiger partial charge < -0.3 is 20.7 Å². The highest BCUT2D eigenvalue weighted by Crippen LogP contribution is 2.16. The van der Waals surface area contributed by atoms with Crippen molar-refractivity contribution >= 4 is 17.5 Å². The number of benzene rings is 1. The minimum absolute atomic E-state index is 0.243. The Labute approximate surface area is 148 Å². The van der Waals surface area contributed by atoms with Gasteiger partial charge in [-0.05, 0) is 37.6 Å². The Balaban J connectivity index is 1.56. The van der Waals surface area contributed by atoms with Crippen LogP contribution in [0.4, 0.5) is 11.5 Å². The van der Waals surface area contributed by atoms with E-state index in [1.54, 1.807) is 0 Å². The van der Waals surface area contributed by atoms with Crippen molar-refractivity contribution in [2.45, 2.75) is 26.5 Å². The molecule has 1 aliphatic heterocycles. The molecule has 0 saturated carbocycles. The summed E-state index contributed by atoms with van der Waals surface area (Å²) in [6.45, 7) is 7.13. The lowest BCUT2D eigenvalue weighted by Gasteiger charge is -2.32. The summed E-state index contributed by atoms with van der Waals surface area (Å²) in [6, 6.07) is 12.1. The lowest BCUT2D eigenvalue weighted by Crippen LogP contribution is -2.41. The maximum Gasteiger partial charge on any atom is 0.193 e. The Hall–Kier alpha value is -2.60. The van der Waals surface area contributed by atoms with E-state index >= 15 is 0 Å². The van der Waals surface area contributed by atoms with E-state index in [0.717, 1.165) is 36.8 Å². The number of hydrogen-bond acceptors (Lipinski definition) is 4. The Morgan fingerprint density at radius 1 is 1.32 bits per heavy atom. The molecule has 1 aromatic heterocycles. The molecule has 2 aromatic rings. The SMILES string of the molecule is Cc1ccc(NC(N)=NCc2ccc(N3CCOC(C)C3)nc2)cc1. The topological polar surface area (TPSA) is 75.8 Å². The van der Waals surface area contributed by atoms with E-state index in [9.17, 15) is 0 Å². The predicted octanol–water partition coefficient (Wildman–Crippen LogP) is 2.54. The molecule has 1 fully saturated rings. The summed E-state index contributed by atoms with van der Waals surface area (Å²) >= 11 is 0. The van der Waals surface area contributed by atoms with Gasteiger partial charge in [-0.1, -0.05) is 23.8 Å². The Morgan fingerprint density at radius 2 is 2.12 bits per heavy atom. The average molecular weight is 339 g/mol. The minimum atomic E-state index is 0.243. The highest BCUT2D eigenvalue weighted by Gasteiger charge is 2.17. The second-order valence-corrected chi connectivity index (χ2v) is 6.34. The van der Waals surface area contributed by atoms with Crippen LogP contribution in [0.25, 0.3) is 0 Å². The van der Waals surface area contributed by atoms with Gasteiger partial charge in [0.15, 0.2) is 5.96 Å². The van der Waals surface area contributed by atoms with Gasteiger partial charge in [-0.3, -0.25) is 0 Å². The number of aliphatic imine (C=N–C) groups is 1. The number of anilines is 2. The first-order valence-electron chi connectivity index (χ1n) is 8.55. The van der Waals surface area contributed by atoms with Gasteiger partial charge in [-0.2, -0.15) is 0 Å². The third-order valence-electron chi connectivity index (χ3n) is 4.13. The van der Waals surface area contributed by atoms with Gasteiger partial charge >= 0.3 is 0 Å².